The summed E-state index contributed by atoms with van der Waals surface area (Å²) in [6.07, 6.45) is 50.4. The highest BCUT2D eigenvalue weighted by atomic mass is 31.2. The van der Waals surface area contributed by atoms with Crippen LogP contribution in [0, 0.1) is 0 Å². The number of aliphatic hydroxyl groups excluding tert-OH is 2. The van der Waals surface area contributed by atoms with Gasteiger partial charge in [-0.25, -0.2) is 4.57 Å². The Balaban J connectivity index is 4.28. The van der Waals surface area contributed by atoms with E-state index in [1.165, 1.54) is 70.6 Å². The molecule has 0 spiro atoms. The van der Waals surface area contributed by atoms with Crippen molar-refractivity contribution in [1.82, 2.24) is 0 Å². The molecule has 60 heavy (non-hydrogen) atoms. The van der Waals surface area contributed by atoms with Crippen LogP contribution in [0.4, 0.5) is 0 Å². The second kappa shape index (κ2) is 44.7. The largest absolute Gasteiger partial charge is 0.472 e. The van der Waals surface area contributed by atoms with Crippen molar-refractivity contribution in [2.24, 2.45) is 0 Å². The third-order valence-corrected chi connectivity index (χ3v) is 10.9. The van der Waals surface area contributed by atoms with Crippen LogP contribution >= 0.6 is 7.82 Å². The average molecular weight is 867 g/mol. The van der Waals surface area contributed by atoms with Crippen LogP contribution in [0.25, 0.3) is 0 Å². The van der Waals surface area contributed by atoms with Crippen LogP contribution in [0.1, 0.15) is 200 Å². The third kappa shape index (κ3) is 43.7. The fourth-order valence-electron chi connectivity index (χ4n) is 6.27. The van der Waals surface area contributed by atoms with Crippen LogP contribution in [-0.4, -0.2) is 65.7 Å². The summed E-state index contributed by atoms with van der Waals surface area (Å²) in [6.45, 7) is 2.25. The molecule has 348 valence electrons. The first kappa shape index (κ1) is 57.7. The maximum absolute atomic E-state index is 12.6. The van der Waals surface area contributed by atoms with Crippen LogP contribution in [0.5, 0.6) is 0 Å². The van der Waals surface area contributed by atoms with Crippen LogP contribution in [-0.2, 0) is 32.7 Å². The SMILES string of the molecule is CC/C=C\C/C=C\C/C=C\C/C=C\CCCCCCCCC(=O)OC(COC(=O)CCCCCCCCC/C=C\CCCCCCCCC)COP(=O)(O)OCC(O)CO. The van der Waals surface area contributed by atoms with E-state index in [4.69, 9.17) is 23.6 Å². The second-order valence-electron chi connectivity index (χ2n) is 15.7. The molecule has 0 rings (SSSR count). The number of allylic oxidation sites excluding steroid dienone is 10. The number of unbranched alkanes of at least 4 members (excludes halogenated alkanes) is 20. The van der Waals surface area contributed by atoms with Crippen molar-refractivity contribution in [3.05, 3.63) is 60.8 Å². The lowest BCUT2D eigenvalue weighted by Crippen LogP contribution is -2.29. The number of phosphoric acid groups is 1. The summed E-state index contributed by atoms with van der Waals surface area (Å²) in [5.41, 5.74) is 0. The lowest BCUT2D eigenvalue weighted by molar-refractivity contribution is -0.161. The van der Waals surface area contributed by atoms with Gasteiger partial charge in [-0.2, -0.15) is 0 Å². The van der Waals surface area contributed by atoms with Crippen molar-refractivity contribution >= 4 is 19.8 Å². The molecule has 11 heteroatoms. The lowest BCUT2D eigenvalue weighted by Gasteiger charge is -2.20. The monoisotopic (exact) mass is 867 g/mol. The van der Waals surface area contributed by atoms with Crippen LogP contribution < -0.4 is 0 Å². The van der Waals surface area contributed by atoms with Gasteiger partial charge in [0.05, 0.1) is 19.8 Å². The molecule has 0 aliphatic heterocycles. The number of hydrogen-bond donors (Lipinski definition) is 3. The minimum Gasteiger partial charge on any atom is -0.462 e. The Kier molecular flexibility index (Phi) is 43.0. The molecule has 3 atom stereocenters. The van der Waals surface area contributed by atoms with Gasteiger partial charge >= 0.3 is 19.8 Å². The molecule has 0 aliphatic carbocycles. The molecule has 10 nitrogen and oxygen atoms in total. The molecular weight excluding hydrogens is 780 g/mol. The summed E-state index contributed by atoms with van der Waals surface area (Å²) in [7, 11) is -4.63. The van der Waals surface area contributed by atoms with Gasteiger partial charge in [-0.1, -0.05) is 171 Å². The number of carbonyl (C=O) groups excluding carboxylic acids is 2. The number of aliphatic hydroxyl groups is 2. The van der Waals surface area contributed by atoms with Gasteiger partial charge in [-0.3, -0.25) is 18.6 Å². The first-order valence-corrected chi connectivity index (χ1v) is 25.2. The number of esters is 2. The maximum Gasteiger partial charge on any atom is 0.472 e. The van der Waals surface area contributed by atoms with Gasteiger partial charge < -0.3 is 24.6 Å². The zero-order valence-corrected chi connectivity index (χ0v) is 38.8. The third-order valence-electron chi connectivity index (χ3n) is 9.91. The van der Waals surface area contributed by atoms with Gasteiger partial charge in [0.15, 0.2) is 6.10 Å². The molecule has 3 N–H and O–H groups in total. The van der Waals surface area contributed by atoms with Crippen molar-refractivity contribution in [3.63, 3.8) is 0 Å². The van der Waals surface area contributed by atoms with Gasteiger partial charge in [-0.15, -0.1) is 0 Å². The Morgan fingerprint density at radius 2 is 0.917 bits per heavy atom. The molecule has 0 aromatic heterocycles. The van der Waals surface area contributed by atoms with E-state index in [1.54, 1.807) is 0 Å². The molecule has 0 amide bonds. The summed E-state index contributed by atoms with van der Waals surface area (Å²) in [4.78, 5) is 35.1. The smallest absolute Gasteiger partial charge is 0.462 e. The summed E-state index contributed by atoms with van der Waals surface area (Å²) < 4.78 is 32.8. The van der Waals surface area contributed by atoms with E-state index in [1.807, 2.05) is 0 Å². The quantitative estimate of drug-likeness (QED) is 0.0234. The molecule has 0 heterocycles. The Morgan fingerprint density at radius 1 is 0.517 bits per heavy atom. The van der Waals surface area contributed by atoms with Crippen LogP contribution in [0.15, 0.2) is 60.8 Å². The van der Waals surface area contributed by atoms with Crippen LogP contribution in [0.3, 0.4) is 0 Å². The minimum absolute atomic E-state index is 0.165. The molecule has 0 fully saturated rings. The summed E-state index contributed by atoms with van der Waals surface area (Å²) in [5.74, 6) is -0.946. The van der Waals surface area contributed by atoms with Gasteiger partial charge in [-0.05, 0) is 77.0 Å². The number of carbonyl (C=O) groups is 2. The van der Waals surface area contributed by atoms with Gasteiger partial charge in [0, 0.05) is 12.8 Å². The number of phosphoric ester groups is 1. The molecule has 0 aliphatic rings. The summed E-state index contributed by atoms with van der Waals surface area (Å²) in [6, 6.07) is 0. The molecular formula is C49H87O10P. The zero-order chi connectivity index (χ0) is 44.0. The summed E-state index contributed by atoms with van der Waals surface area (Å²) in [5, 5.41) is 18.4. The van der Waals surface area contributed by atoms with Crippen molar-refractivity contribution in [2.75, 3.05) is 26.4 Å². The molecule has 0 radical (unpaired) electrons. The molecule has 0 bridgehead atoms. The Hall–Kier alpha value is -2.33. The normalized spacial score (nSPS) is 14.3. The Bertz CT molecular complexity index is 1180. The highest BCUT2D eigenvalue weighted by Crippen LogP contribution is 2.43. The van der Waals surface area contributed by atoms with Crippen molar-refractivity contribution in [1.29, 1.82) is 0 Å². The highest BCUT2D eigenvalue weighted by molar-refractivity contribution is 7.47. The maximum atomic E-state index is 12.6. The van der Waals surface area contributed by atoms with Gasteiger partial charge in [0.2, 0.25) is 0 Å². The van der Waals surface area contributed by atoms with Gasteiger partial charge in [0.25, 0.3) is 0 Å². The van der Waals surface area contributed by atoms with E-state index >= 15 is 0 Å². The predicted molar refractivity (Wildman–Crippen MR) is 247 cm³/mol. The zero-order valence-electron chi connectivity index (χ0n) is 37.9. The molecule has 0 saturated carbocycles. The highest BCUT2D eigenvalue weighted by Gasteiger charge is 2.27. The summed E-state index contributed by atoms with van der Waals surface area (Å²) >= 11 is 0. The number of ether oxygens (including phenoxy) is 2. The lowest BCUT2D eigenvalue weighted by atomic mass is 10.1. The van der Waals surface area contributed by atoms with E-state index in [0.717, 1.165) is 89.9 Å². The minimum atomic E-state index is -4.63. The Morgan fingerprint density at radius 3 is 1.40 bits per heavy atom. The van der Waals surface area contributed by atoms with E-state index in [0.29, 0.717) is 12.8 Å². The van der Waals surface area contributed by atoms with E-state index in [2.05, 4.69) is 74.6 Å². The first-order chi connectivity index (χ1) is 29.2. The van der Waals surface area contributed by atoms with Gasteiger partial charge in [0.1, 0.15) is 12.7 Å². The first-order valence-electron chi connectivity index (χ1n) is 23.7. The fourth-order valence-corrected chi connectivity index (χ4v) is 7.06. The average Bonchev–Trinajstić information content (AvgIpc) is 3.24. The van der Waals surface area contributed by atoms with Crippen molar-refractivity contribution < 1.29 is 47.8 Å². The Labute approximate surface area is 366 Å². The molecule has 0 aromatic carbocycles. The standard InChI is InChI=1S/C49H87O10P/c1-3-5-7-9-11-13-15-17-19-21-23-25-27-29-31-33-35-37-39-41-49(53)59-47(45-58-60(54,55)57-43-46(51)42-50)44-56-48(52)40-38-36-34-32-30-28-26-24-22-20-18-16-14-12-10-8-6-4-2/h5,7,11,13,17,19-20,22-23,25,46-47,50-51H,3-4,6,8-10,12,14-16,18,21,24,26-45H2,1-2H3,(H,54,55)/b7-5-,13-11-,19-17-,22-20-,25-23-. The van der Waals surface area contributed by atoms with Crippen molar-refractivity contribution in [2.45, 2.75) is 212 Å². The molecule has 0 saturated heterocycles. The van der Waals surface area contributed by atoms with E-state index in [-0.39, 0.29) is 19.4 Å². The molecule has 0 aromatic rings. The van der Waals surface area contributed by atoms with E-state index in [9.17, 15) is 24.2 Å². The fraction of sp³-hybridized carbons (Fsp3) is 0.755. The number of rotatable bonds is 44. The van der Waals surface area contributed by atoms with Crippen molar-refractivity contribution in [3.8, 4) is 0 Å². The van der Waals surface area contributed by atoms with E-state index < -0.39 is 51.8 Å². The number of hydrogen-bond acceptors (Lipinski definition) is 9. The second-order valence-corrected chi connectivity index (χ2v) is 17.2. The predicted octanol–water partition coefficient (Wildman–Crippen LogP) is 13.1. The van der Waals surface area contributed by atoms with Crippen LogP contribution in [0.2, 0.25) is 0 Å². The molecule has 3 unspecified atom stereocenters. The topological polar surface area (TPSA) is 149 Å².